The topological polar surface area (TPSA) is 150 Å². The standard InChI is InChI=1S/C34H30N4O6/c1-18-10-12-21(13-11-18)36-38-30(41)26-17-25-23(14-15-24-27(25)31(42)37(29(24)40)33(35)44)28(19-6-5-9-22(39)16-19)34(26,32(38)43)20-7-3-2-4-8-20/h2-14,16,24-28,36,39H,15,17H2,1H3,(H2,35,44)/t24-,25+,26-,27-,28-,34+/m0/s1. The van der Waals surface area contributed by atoms with Gasteiger partial charge < -0.3 is 10.8 Å². The lowest BCUT2D eigenvalue weighted by molar-refractivity contribution is -0.139. The number of amides is 6. The highest BCUT2D eigenvalue weighted by Gasteiger charge is 2.70. The number of anilines is 1. The minimum atomic E-state index is -1.44. The predicted octanol–water partition coefficient (Wildman–Crippen LogP) is 3.76. The van der Waals surface area contributed by atoms with Gasteiger partial charge in [-0.3, -0.25) is 24.6 Å². The van der Waals surface area contributed by atoms with Crippen LogP contribution in [-0.2, 0) is 24.6 Å². The van der Waals surface area contributed by atoms with E-state index in [4.69, 9.17) is 5.73 Å². The molecule has 2 aliphatic carbocycles. The maximum absolute atomic E-state index is 14.9. The van der Waals surface area contributed by atoms with Crippen LogP contribution in [0.1, 0.15) is 35.4 Å². The summed E-state index contributed by atoms with van der Waals surface area (Å²) in [5, 5.41) is 11.7. The fourth-order valence-corrected chi connectivity index (χ4v) is 8.04. The molecule has 4 aliphatic rings. The van der Waals surface area contributed by atoms with Crippen molar-refractivity contribution in [2.24, 2.45) is 29.4 Å². The average Bonchev–Trinajstić information content (AvgIpc) is 3.39. The number of fused-ring (bicyclic) bond motifs is 4. The monoisotopic (exact) mass is 590 g/mol. The molecule has 0 aromatic heterocycles. The van der Waals surface area contributed by atoms with Gasteiger partial charge in [-0.1, -0.05) is 71.8 Å². The van der Waals surface area contributed by atoms with Crippen molar-refractivity contribution in [1.82, 2.24) is 9.91 Å². The number of allylic oxidation sites excluding steroid dienone is 2. The second kappa shape index (κ2) is 9.90. The summed E-state index contributed by atoms with van der Waals surface area (Å²) in [6.45, 7) is 1.94. The molecule has 6 atom stereocenters. The zero-order valence-corrected chi connectivity index (χ0v) is 23.8. The Kier molecular flexibility index (Phi) is 6.21. The smallest absolute Gasteiger partial charge is 0.328 e. The van der Waals surface area contributed by atoms with Crippen molar-refractivity contribution >= 4 is 35.3 Å². The van der Waals surface area contributed by atoms with E-state index in [0.29, 0.717) is 21.7 Å². The number of hydrogen-bond acceptors (Lipinski definition) is 7. The second-order valence-electron chi connectivity index (χ2n) is 12.0. The van der Waals surface area contributed by atoms with Crippen molar-refractivity contribution in [3.63, 3.8) is 0 Å². The van der Waals surface area contributed by atoms with E-state index < -0.39 is 64.7 Å². The SMILES string of the molecule is Cc1ccc(NN2C(=O)[C@@H]3C[C@@H]4C(=CC[C@@H]5C(=O)N(C(N)=O)C(=O)[C@@H]54)[C@H](c4cccc(O)c4)[C@]3(c3ccccc3)C2=O)cc1. The lowest BCUT2D eigenvalue weighted by atomic mass is 9.49. The van der Waals surface area contributed by atoms with Crippen molar-refractivity contribution in [2.75, 3.05) is 5.43 Å². The van der Waals surface area contributed by atoms with Gasteiger partial charge in [-0.15, -0.1) is 0 Å². The van der Waals surface area contributed by atoms with Crippen molar-refractivity contribution in [3.05, 3.63) is 107 Å². The maximum atomic E-state index is 14.9. The molecule has 2 heterocycles. The molecular weight excluding hydrogens is 560 g/mol. The molecule has 3 fully saturated rings. The fraction of sp³-hybridized carbons (Fsp3) is 0.265. The van der Waals surface area contributed by atoms with Gasteiger partial charge in [-0.25, -0.2) is 4.79 Å². The van der Waals surface area contributed by atoms with Crippen LogP contribution in [0.5, 0.6) is 5.75 Å². The molecule has 6 amide bonds. The number of primary amides is 1. The van der Waals surface area contributed by atoms with Gasteiger partial charge in [0.05, 0.1) is 28.9 Å². The van der Waals surface area contributed by atoms with Crippen molar-refractivity contribution in [1.29, 1.82) is 0 Å². The number of hydrazine groups is 1. The van der Waals surface area contributed by atoms with Gasteiger partial charge in [0.25, 0.3) is 11.8 Å². The molecule has 4 N–H and O–H groups in total. The second-order valence-corrected chi connectivity index (χ2v) is 12.0. The van der Waals surface area contributed by atoms with E-state index in [2.05, 4.69) is 5.43 Å². The first-order chi connectivity index (χ1) is 21.1. The third kappa shape index (κ3) is 3.76. The van der Waals surface area contributed by atoms with Crippen LogP contribution in [-0.4, -0.2) is 44.7 Å². The van der Waals surface area contributed by atoms with E-state index in [9.17, 15) is 29.1 Å². The molecule has 10 heteroatoms. The van der Waals surface area contributed by atoms with Crippen LogP contribution in [0.4, 0.5) is 10.5 Å². The van der Waals surface area contributed by atoms with Gasteiger partial charge >= 0.3 is 6.03 Å². The summed E-state index contributed by atoms with van der Waals surface area (Å²) in [5.41, 5.74) is 10.6. The Labute approximate surface area is 253 Å². The zero-order chi connectivity index (χ0) is 30.9. The molecule has 44 heavy (non-hydrogen) atoms. The third-order valence-corrected chi connectivity index (χ3v) is 9.82. The number of carbonyl (C=O) groups excluding carboxylic acids is 5. The maximum Gasteiger partial charge on any atom is 0.328 e. The van der Waals surface area contributed by atoms with Crippen LogP contribution < -0.4 is 11.2 Å². The van der Waals surface area contributed by atoms with Gasteiger partial charge in [-0.05, 0) is 61.1 Å². The Morgan fingerprint density at radius 1 is 0.909 bits per heavy atom. The average molecular weight is 591 g/mol. The predicted molar refractivity (Wildman–Crippen MR) is 158 cm³/mol. The van der Waals surface area contributed by atoms with E-state index in [0.717, 1.165) is 16.1 Å². The number of nitrogens with zero attached hydrogens (tertiary/aromatic N) is 2. The molecule has 10 nitrogen and oxygen atoms in total. The highest BCUT2D eigenvalue weighted by Crippen LogP contribution is 2.64. The van der Waals surface area contributed by atoms with Gasteiger partial charge in [0.2, 0.25) is 11.8 Å². The summed E-state index contributed by atoms with van der Waals surface area (Å²) in [6, 6.07) is 21.9. The number of aryl methyl sites for hydroxylation is 1. The molecule has 3 aromatic rings. The molecule has 0 radical (unpaired) electrons. The summed E-state index contributed by atoms with van der Waals surface area (Å²) >= 11 is 0. The molecule has 1 saturated carbocycles. The number of aromatic hydroxyl groups is 1. The Balaban J connectivity index is 1.45. The normalized spacial score (nSPS) is 29.2. The van der Waals surface area contributed by atoms with E-state index in [-0.39, 0.29) is 18.6 Å². The van der Waals surface area contributed by atoms with Crippen LogP contribution >= 0.6 is 0 Å². The quantitative estimate of drug-likeness (QED) is 0.309. The molecule has 3 aromatic carbocycles. The van der Waals surface area contributed by atoms with Gasteiger partial charge in [0.1, 0.15) is 5.75 Å². The number of urea groups is 1. The zero-order valence-electron chi connectivity index (χ0n) is 23.8. The fourth-order valence-electron chi connectivity index (χ4n) is 8.04. The summed E-state index contributed by atoms with van der Waals surface area (Å²) in [7, 11) is 0. The Morgan fingerprint density at radius 3 is 2.32 bits per heavy atom. The van der Waals surface area contributed by atoms with E-state index >= 15 is 0 Å². The molecule has 0 unspecified atom stereocenters. The van der Waals surface area contributed by atoms with Crippen LogP contribution in [0.2, 0.25) is 0 Å². The molecule has 0 spiro atoms. The Morgan fingerprint density at radius 2 is 1.64 bits per heavy atom. The van der Waals surface area contributed by atoms with Crippen LogP contribution in [0.3, 0.4) is 0 Å². The van der Waals surface area contributed by atoms with Crippen LogP contribution in [0.15, 0.2) is 90.5 Å². The highest BCUT2D eigenvalue weighted by molar-refractivity contribution is 6.17. The number of nitrogens with one attached hydrogen (secondary N) is 1. The summed E-state index contributed by atoms with van der Waals surface area (Å²) in [5.74, 6) is -6.31. The molecule has 7 rings (SSSR count). The van der Waals surface area contributed by atoms with Crippen molar-refractivity contribution in [2.45, 2.75) is 31.1 Å². The first kappa shape index (κ1) is 27.6. The minimum Gasteiger partial charge on any atom is -0.508 e. The van der Waals surface area contributed by atoms with Crippen molar-refractivity contribution < 1.29 is 29.1 Å². The summed E-state index contributed by atoms with van der Waals surface area (Å²) in [4.78, 5) is 68.9. The third-order valence-electron chi connectivity index (χ3n) is 9.82. The Bertz CT molecular complexity index is 1770. The number of likely N-dealkylation sites (tertiary alicyclic amines) is 1. The van der Waals surface area contributed by atoms with Crippen LogP contribution in [0, 0.1) is 30.6 Å². The molecule has 0 bridgehead atoms. The van der Waals surface area contributed by atoms with E-state index in [1.807, 2.05) is 55.5 Å². The number of phenols is 1. The highest BCUT2D eigenvalue weighted by atomic mass is 16.3. The number of phenolic OH excluding ortho intramolecular Hbond substituents is 1. The van der Waals surface area contributed by atoms with Gasteiger partial charge in [0, 0.05) is 5.92 Å². The first-order valence-electron chi connectivity index (χ1n) is 14.6. The lowest BCUT2D eigenvalue weighted by Crippen LogP contribution is -2.53. The number of carbonyl (C=O) groups is 5. The Hall–Kier alpha value is -5.25. The van der Waals surface area contributed by atoms with Gasteiger partial charge in [0.15, 0.2) is 0 Å². The first-order valence-corrected chi connectivity index (χ1v) is 14.6. The molecule has 2 aliphatic heterocycles. The molecule has 2 saturated heterocycles. The largest absolute Gasteiger partial charge is 0.508 e. The van der Waals surface area contributed by atoms with E-state index in [1.165, 1.54) is 6.07 Å². The summed E-state index contributed by atoms with van der Waals surface area (Å²) < 4.78 is 0. The lowest BCUT2D eigenvalue weighted by Gasteiger charge is -2.50. The number of benzene rings is 3. The van der Waals surface area contributed by atoms with E-state index in [1.54, 1.807) is 30.3 Å². The summed E-state index contributed by atoms with van der Waals surface area (Å²) in [6.07, 6.45) is 2.15. The molecular formula is C34H30N4O6. The number of hydrogen-bond donors (Lipinski definition) is 3. The molecule has 222 valence electrons. The van der Waals surface area contributed by atoms with Gasteiger partial charge in [-0.2, -0.15) is 9.91 Å². The number of nitrogens with two attached hydrogens (primary N) is 1. The minimum absolute atomic E-state index is 0.0166. The van der Waals surface area contributed by atoms with Crippen LogP contribution in [0.25, 0.3) is 0 Å². The number of rotatable bonds is 4. The number of imide groups is 4. The van der Waals surface area contributed by atoms with Crippen molar-refractivity contribution in [3.8, 4) is 5.75 Å².